The van der Waals surface area contributed by atoms with E-state index in [1.54, 1.807) is 18.7 Å². The van der Waals surface area contributed by atoms with Crippen LogP contribution in [0.1, 0.15) is 0 Å². The number of anilines is 1. The number of nitrogens with one attached hydrogen (secondary N) is 2. The summed E-state index contributed by atoms with van der Waals surface area (Å²) >= 11 is 0. The van der Waals surface area contributed by atoms with E-state index in [4.69, 9.17) is 0 Å². The number of carbonyl (C=O) groups excluding carboxylic acids is 1. The lowest BCUT2D eigenvalue weighted by Gasteiger charge is -2.08. The Morgan fingerprint density at radius 3 is 2.70 bits per heavy atom. The molecule has 2 rings (SSSR count). The molecule has 0 aliphatic heterocycles. The van der Waals surface area contributed by atoms with Gasteiger partial charge in [-0.25, -0.2) is 13.8 Å². The van der Waals surface area contributed by atoms with Gasteiger partial charge in [0.1, 0.15) is 17.3 Å². The standard InChI is InChI=1S/C13H14F2N4O/c14-10-2-1-3-11(15)13(10)18-12(20)8-16-4-6-19-7-5-17-9-19/h1-3,5,7,9,16H,4,6,8H2,(H,18,20). The molecule has 20 heavy (non-hydrogen) atoms. The minimum Gasteiger partial charge on any atom is -0.336 e. The molecule has 7 heteroatoms. The average molecular weight is 280 g/mol. The molecular weight excluding hydrogens is 266 g/mol. The van der Waals surface area contributed by atoms with E-state index in [1.807, 2.05) is 4.57 Å². The lowest BCUT2D eigenvalue weighted by atomic mass is 10.3. The van der Waals surface area contributed by atoms with E-state index in [2.05, 4.69) is 15.6 Å². The molecule has 2 N–H and O–H groups in total. The monoisotopic (exact) mass is 280 g/mol. The van der Waals surface area contributed by atoms with Crippen LogP contribution in [0.15, 0.2) is 36.9 Å². The molecule has 5 nitrogen and oxygen atoms in total. The second-order valence-electron chi connectivity index (χ2n) is 4.12. The quantitative estimate of drug-likeness (QED) is 0.786. The Balaban J connectivity index is 1.75. The molecular formula is C13H14F2N4O. The van der Waals surface area contributed by atoms with Crippen LogP contribution < -0.4 is 10.6 Å². The first kappa shape index (κ1) is 14.1. The summed E-state index contributed by atoms with van der Waals surface area (Å²) in [6.07, 6.45) is 5.13. The van der Waals surface area contributed by atoms with E-state index in [9.17, 15) is 13.6 Å². The van der Waals surface area contributed by atoms with Gasteiger partial charge in [-0.1, -0.05) is 6.07 Å². The zero-order valence-corrected chi connectivity index (χ0v) is 10.6. The molecule has 0 aliphatic carbocycles. The van der Waals surface area contributed by atoms with Crippen molar-refractivity contribution in [3.63, 3.8) is 0 Å². The second kappa shape index (κ2) is 6.76. The maximum absolute atomic E-state index is 13.3. The summed E-state index contributed by atoms with van der Waals surface area (Å²) in [4.78, 5) is 15.4. The number of imidazole rings is 1. The number of rotatable bonds is 6. The topological polar surface area (TPSA) is 59.0 Å². The van der Waals surface area contributed by atoms with Crippen LogP contribution in [0, 0.1) is 11.6 Å². The number of hydrogen-bond acceptors (Lipinski definition) is 3. The van der Waals surface area contributed by atoms with Crippen molar-refractivity contribution in [3.8, 4) is 0 Å². The molecule has 2 aromatic rings. The number of hydrogen-bond donors (Lipinski definition) is 2. The van der Waals surface area contributed by atoms with E-state index in [0.717, 1.165) is 12.1 Å². The molecule has 1 amide bonds. The molecule has 0 spiro atoms. The van der Waals surface area contributed by atoms with Crippen molar-refractivity contribution in [2.24, 2.45) is 0 Å². The van der Waals surface area contributed by atoms with Crippen LogP contribution in [0.2, 0.25) is 0 Å². The zero-order valence-electron chi connectivity index (χ0n) is 10.6. The predicted molar refractivity (Wildman–Crippen MR) is 70.1 cm³/mol. The summed E-state index contributed by atoms with van der Waals surface area (Å²) in [5.41, 5.74) is -0.422. The fourth-order valence-electron chi connectivity index (χ4n) is 1.63. The van der Waals surface area contributed by atoms with Crippen molar-refractivity contribution in [2.45, 2.75) is 6.54 Å². The van der Waals surface area contributed by atoms with Crippen LogP contribution in [-0.4, -0.2) is 28.5 Å². The molecule has 0 radical (unpaired) electrons. The first-order valence-electron chi connectivity index (χ1n) is 6.07. The van der Waals surface area contributed by atoms with Crippen molar-refractivity contribution in [2.75, 3.05) is 18.4 Å². The Morgan fingerprint density at radius 1 is 1.30 bits per heavy atom. The normalized spacial score (nSPS) is 10.5. The number of halogens is 2. The maximum Gasteiger partial charge on any atom is 0.238 e. The molecule has 0 atom stereocenters. The van der Waals surface area contributed by atoms with Gasteiger partial charge in [0, 0.05) is 25.5 Å². The number of nitrogens with zero attached hydrogens (tertiary/aromatic N) is 2. The smallest absolute Gasteiger partial charge is 0.238 e. The average Bonchev–Trinajstić information content (AvgIpc) is 2.92. The Bertz CT molecular complexity index is 552. The largest absolute Gasteiger partial charge is 0.336 e. The Labute approximate surface area is 114 Å². The van der Waals surface area contributed by atoms with Crippen molar-refractivity contribution in [1.82, 2.24) is 14.9 Å². The van der Waals surface area contributed by atoms with Crippen LogP contribution in [0.25, 0.3) is 0 Å². The van der Waals surface area contributed by atoms with Gasteiger partial charge < -0.3 is 15.2 Å². The highest BCUT2D eigenvalue weighted by Gasteiger charge is 2.11. The van der Waals surface area contributed by atoms with Gasteiger partial charge in [0.25, 0.3) is 0 Å². The summed E-state index contributed by atoms with van der Waals surface area (Å²) in [7, 11) is 0. The Morgan fingerprint density at radius 2 is 2.05 bits per heavy atom. The van der Waals surface area contributed by atoms with Crippen LogP contribution in [0.5, 0.6) is 0 Å². The molecule has 0 saturated carbocycles. The van der Waals surface area contributed by atoms with Crippen LogP contribution in [0.3, 0.4) is 0 Å². The highest BCUT2D eigenvalue weighted by molar-refractivity contribution is 5.92. The van der Waals surface area contributed by atoms with Gasteiger partial charge >= 0.3 is 0 Å². The van der Waals surface area contributed by atoms with Crippen LogP contribution in [0.4, 0.5) is 14.5 Å². The molecule has 1 aromatic heterocycles. The number of amides is 1. The minimum absolute atomic E-state index is 0.0253. The van der Waals surface area contributed by atoms with Gasteiger partial charge in [-0.05, 0) is 12.1 Å². The molecule has 0 bridgehead atoms. The van der Waals surface area contributed by atoms with Crippen molar-refractivity contribution < 1.29 is 13.6 Å². The predicted octanol–water partition coefficient (Wildman–Crippen LogP) is 1.39. The number of aromatic nitrogens is 2. The molecule has 0 unspecified atom stereocenters. The number of benzene rings is 1. The lowest BCUT2D eigenvalue weighted by Crippen LogP contribution is -2.30. The van der Waals surface area contributed by atoms with Gasteiger partial charge in [0.15, 0.2) is 0 Å². The summed E-state index contributed by atoms with van der Waals surface area (Å²) in [5, 5.41) is 5.08. The first-order valence-corrected chi connectivity index (χ1v) is 6.07. The van der Waals surface area contributed by atoms with Gasteiger partial charge in [-0.3, -0.25) is 4.79 Å². The van der Waals surface area contributed by atoms with Crippen molar-refractivity contribution in [3.05, 3.63) is 48.6 Å². The third kappa shape index (κ3) is 3.86. The van der Waals surface area contributed by atoms with E-state index < -0.39 is 23.2 Å². The van der Waals surface area contributed by atoms with Crippen molar-refractivity contribution >= 4 is 11.6 Å². The summed E-state index contributed by atoms with van der Waals surface area (Å²) in [6.45, 7) is 1.17. The van der Waals surface area contributed by atoms with E-state index in [-0.39, 0.29) is 6.54 Å². The fraction of sp³-hybridized carbons (Fsp3) is 0.231. The second-order valence-corrected chi connectivity index (χ2v) is 4.12. The number of carbonyl (C=O) groups is 1. The van der Waals surface area contributed by atoms with E-state index in [0.29, 0.717) is 13.1 Å². The zero-order chi connectivity index (χ0) is 14.4. The molecule has 0 saturated heterocycles. The molecule has 106 valence electrons. The minimum atomic E-state index is -0.795. The highest BCUT2D eigenvalue weighted by atomic mass is 19.1. The van der Waals surface area contributed by atoms with E-state index in [1.165, 1.54) is 6.07 Å². The summed E-state index contributed by atoms with van der Waals surface area (Å²) < 4.78 is 28.4. The SMILES string of the molecule is O=C(CNCCn1ccnc1)Nc1c(F)cccc1F. The van der Waals surface area contributed by atoms with Crippen LogP contribution >= 0.6 is 0 Å². The van der Waals surface area contributed by atoms with Gasteiger partial charge in [-0.2, -0.15) is 0 Å². The first-order chi connectivity index (χ1) is 9.66. The molecule has 0 fully saturated rings. The Kier molecular flexibility index (Phi) is 4.78. The summed E-state index contributed by atoms with van der Waals surface area (Å²) in [6, 6.07) is 3.42. The molecule has 1 aromatic carbocycles. The molecule has 1 heterocycles. The van der Waals surface area contributed by atoms with E-state index >= 15 is 0 Å². The van der Waals surface area contributed by atoms with Crippen molar-refractivity contribution in [1.29, 1.82) is 0 Å². The summed E-state index contributed by atoms with van der Waals surface area (Å²) in [5.74, 6) is -2.09. The number of para-hydroxylation sites is 1. The highest BCUT2D eigenvalue weighted by Crippen LogP contribution is 2.17. The molecule has 0 aliphatic rings. The maximum atomic E-state index is 13.3. The van der Waals surface area contributed by atoms with Gasteiger partial charge in [0.05, 0.1) is 12.9 Å². The van der Waals surface area contributed by atoms with Gasteiger partial charge in [-0.15, -0.1) is 0 Å². The third-order valence-corrected chi connectivity index (χ3v) is 2.62. The van der Waals surface area contributed by atoms with Gasteiger partial charge in [0.2, 0.25) is 5.91 Å². The Hall–Kier alpha value is -2.28. The fourth-order valence-corrected chi connectivity index (χ4v) is 1.63. The third-order valence-electron chi connectivity index (χ3n) is 2.62. The lowest BCUT2D eigenvalue weighted by molar-refractivity contribution is -0.115. The van der Waals surface area contributed by atoms with Crippen LogP contribution in [-0.2, 0) is 11.3 Å².